The molecule has 0 aliphatic heterocycles. The molecule has 0 aliphatic rings. The van der Waals surface area contributed by atoms with E-state index in [1.807, 2.05) is 61.5 Å². The Morgan fingerprint density at radius 1 is 0.857 bits per heavy atom. The van der Waals surface area contributed by atoms with E-state index in [1.54, 1.807) is 24.3 Å². The fraction of sp³-hybridized carbons (Fsp3) is 0.130. The molecule has 0 fully saturated rings. The van der Waals surface area contributed by atoms with E-state index in [-0.39, 0.29) is 18.4 Å². The maximum Gasteiger partial charge on any atom is 0.262 e. The second-order valence-electron chi connectivity index (χ2n) is 6.32. The van der Waals surface area contributed by atoms with Crippen LogP contribution in [0, 0.1) is 6.92 Å². The number of hydrogen-bond donors (Lipinski definition) is 2. The zero-order valence-corrected chi connectivity index (χ0v) is 15.6. The molecule has 0 spiro atoms. The molecule has 2 N–H and O–H groups in total. The van der Waals surface area contributed by atoms with Crippen LogP contribution in [0.2, 0.25) is 0 Å². The van der Waals surface area contributed by atoms with Crippen molar-refractivity contribution < 1.29 is 14.3 Å². The number of carbonyl (C=O) groups excluding carboxylic acids is 2. The van der Waals surface area contributed by atoms with Crippen molar-refractivity contribution in [1.29, 1.82) is 0 Å². The average Bonchev–Trinajstić information content (AvgIpc) is 2.73. The third-order valence-corrected chi connectivity index (χ3v) is 4.21. The molecule has 2 amide bonds. The van der Waals surface area contributed by atoms with Crippen molar-refractivity contribution in [2.75, 3.05) is 11.9 Å². The van der Waals surface area contributed by atoms with Crippen molar-refractivity contribution in [3.8, 4) is 5.75 Å². The average molecular weight is 374 g/mol. The highest BCUT2D eigenvalue weighted by Gasteiger charge is 2.13. The van der Waals surface area contributed by atoms with Crippen molar-refractivity contribution in [2.45, 2.75) is 13.5 Å². The Balaban J connectivity index is 1.59. The molecule has 0 saturated heterocycles. The van der Waals surface area contributed by atoms with Crippen LogP contribution < -0.4 is 15.4 Å². The van der Waals surface area contributed by atoms with Gasteiger partial charge in [0.2, 0.25) is 0 Å². The van der Waals surface area contributed by atoms with Crippen LogP contribution in [0.1, 0.15) is 21.5 Å². The Bertz CT molecular complexity index is 955. The Labute approximate surface area is 164 Å². The Morgan fingerprint density at radius 2 is 1.54 bits per heavy atom. The molecule has 0 aromatic heterocycles. The standard InChI is InChI=1S/C23H22N2O3/c1-17-9-5-7-13-20(17)25-22(26)16-28-21-14-8-6-12-19(21)23(27)24-15-18-10-3-2-4-11-18/h2-14H,15-16H2,1H3,(H,24,27)(H,25,26). The largest absolute Gasteiger partial charge is 0.483 e. The van der Waals surface area contributed by atoms with E-state index in [0.717, 1.165) is 16.8 Å². The molecule has 3 aromatic carbocycles. The number of hydrogen-bond acceptors (Lipinski definition) is 3. The number of ether oxygens (including phenoxy) is 1. The first-order valence-electron chi connectivity index (χ1n) is 9.03. The topological polar surface area (TPSA) is 67.4 Å². The van der Waals surface area contributed by atoms with Gasteiger partial charge in [-0.2, -0.15) is 0 Å². The van der Waals surface area contributed by atoms with Gasteiger partial charge in [0, 0.05) is 12.2 Å². The fourth-order valence-corrected chi connectivity index (χ4v) is 2.70. The molecule has 5 nitrogen and oxygen atoms in total. The van der Waals surface area contributed by atoms with Gasteiger partial charge in [0.15, 0.2) is 6.61 Å². The summed E-state index contributed by atoms with van der Waals surface area (Å²) < 4.78 is 5.61. The summed E-state index contributed by atoms with van der Waals surface area (Å²) in [5, 5.41) is 5.68. The number of nitrogens with one attached hydrogen (secondary N) is 2. The zero-order chi connectivity index (χ0) is 19.8. The van der Waals surface area contributed by atoms with Crippen LogP contribution in [0.4, 0.5) is 5.69 Å². The highest BCUT2D eigenvalue weighted by Crippen LogP contribution is 2.18. The predicted molar refractivity (Wildman–Crippen MR) is 109 cm³/mol. The van der Waals surface area contributed by atoms with Gasteiger partial charge in [0.05, 0.1) is 5.56 Å². The lowest BCUT2D eigenvalue weighted by molar-refractivity contribution is -0.118. The first-order valence-corrected chi connectivity index (χ1v) is 9.03. The summed E-state index contributed by atoms with van der Waals surface area (Å²) in [4.78, 5) is 24.7. The van der Waals surface area contributed by atoms with Crippen molar-refractivity contribution in [3.63, 3.8) is 0 Å². The Morgan fingerprint density at radius 3 is 2.32 bits per heavy atom. The summed E-state index contributed by atoms with van der Waals surface area (Å²) in [5.41, 5.74) is 3.11. The van der Waals surface area contributed by atoms with Crippen molar-refractivity contribution >= 4 is 17.5 Å². The van der Waals surface area contributed by atoms with Crippen LogP contribution in [0.3, 0.4) is 0 Å². The second-order valence-corrected chi connectivity index (χ2v) is 6.32. The van der Waals surface area contributed by atoms with Crippen molar-refractivity contribution in [3.05, 3.63) is 95.6 Å². The molecule has 0 unspecified atom stereocenters. The van der Waals surface area contributed by atoms with Gasteiger partial charge < -0.3 is 15.4 Å². The summed E-state index contributed by atoms with van der Waals surface area (Å²) >= 11 is 0. The van der Waals surface area contributed by atoms with Crippen LogP contribution in [0.15, 0.2) is 78.9 Å². The molecular formula is C23H22N2O3. The van der Waals surface area contributed by atoms with Crippen molar-refractivity contribution in [2.24, 2.45) is 0 Å². The monoisotopic (exact) mass is 374 g/mol. The van der Waals surface area contributed by atoms with Gasteiger partial charge in [-0.15, -0.1) is 0 Å². The predicted octanol–water partition coefficient (Wildman–Crippen LogP) is 3.94. The number of aryl methyl sites for hydroxylation is 1. The highest BCUT2D eigenvalue weighted by molar-refractivity contribution is 5.97. The minimum Gasteiger partial charge on any atom is -0.483 e. The lowest BCUT2D eigenvalue weighted by Crippen LogP contribution is -2.25. The van der Waals surface area contributed by atoms with Crippen LogP contribution >= 0.6 is 0 Å². The molecule has 3 aromatic rings. The third-order valence-electron chi connectivity index (χ3n) is 4.21. The van der Waals surface area contributed by atoms with E-state index in [9.17, 15) is 9.59 Å². The molecule has 142 valence electrons. The number of para-hydroxylation sites is 2. The van der Waals surface area contributed by atoms with Crippen LogP contribution in [-0.4, -0.2) is 18.4 Å². The van der Waals surface area contributed by atoms with Gasteiger partial charge in [0.1, 0.15) is 5.75 Å². The minimum atomic E-state index is -0.284. The third kappa shape index (κ3) is 5.20. The number of anilines is 1. The number of amides is 2. The van der Waals surface area contributed by atoms with E-state index in [0.29, 0.717) is 17.9 Å². The van der Waals surface area contributed by atoms with E-state index in [4.69, 9.17) is 4.74 Å². The van der Waals surface area contributed by atoms with E-state index < -0.39 is 0 Å². The summed E-state index contributed by atoms with van der Waals surface area (Å²) in [6.07, 6.45) is 0. The summed E-state index contributed by atoms with van der Waals surface area (Å²) in [5.74, 6) is -0.166. The first kappa shape index (κ1) is 19.2. The van der Waals surface area contributed by atoms with E-state index >= 15 is 0 Å². The van der Waals surface area contributed by atoms with Gasteiger partial charge in [-0.25, -0.2) is 0 Å². The Kier molecular flexibility index (Phi) is 6.41. The minimum absolute atomic E-state index is 0.183. The summed E-state index contributed by atoms with van der Waals surface area (Å²) in [6.45, 7) is 2.15. The molecule has 0 bridgehead atoms. The molecule has 0 radical (unpaired) electrons. The lowest BCUT2D eigenvalue weighted by Gasteiger charge is -2.12. The summed E-state index contributed by atoms with van der Waals surface area (Å²) in [6, 6.07) is 24.1. The number of benzene rings is 3. The maximum absolute atomic E-state index is 12.5. The lowest BCUT2D eigenvalue weighted by atomic mass is 10.1. The summed E-state index contributed by atoms with van der Waals surface area (Å²) in [7, 11) is 0. The van der Waals surface area contributed by atoms with Crippen LogP contribution in [0.5, 0.6) is 5.75 Å². The maximum atomic E-state index is 12.5. The molecule has 0 aliphatic carbocycles. The molecular weight excluding hydrogens is 352 g/mol. The van der Waals surface area contributed by atoms with Gasteiger partial charge in [-0.3, -0.25) is 9.59 Å². The van der Waals surface area contributed by atoms with E-state index in [2.05, 4.69) is 10.6 Å². The SMILES string of the molecule is Cc1ccccc1NC(=O)COc1ccccc1C(=O)NCc1ccccc1. The van der Waals surface area contributed by atoms with Crippen molar-refractivity contribution in [1.82, 2.24) is 5.32 Å². The van der Waals surface area contributed by atoms with E-state index in [1.165, 1.54) is 0 Å². The number of rotatable bonds is 7. The molecule has 3 rings (SSSR count). The van der Waals surface area contributed by atoms with Gasteiger partial charge in [-0.1, -0.05) is 60.7 Å². The molecule has 0 heterocycles. The van der Waals surface area contributed by atoms with Gasteiger partial charge in [0.25, 0.3) is 11.8 Å². The normalized spacial score (nSPS) is 10.2. The highest BCUT2D eigenvalue weighted by atomic mass is 16.5. The fourth-order valence-electron chi connectivity index (χ4n) is 2.70. The smallest absolute Gasteiger partial charge is 0.262 e. The van der Waals surface area contributed by atoms with Crippen LogP contribution in [0.25, 0.3) is 0 Å². The van der Waals surface area contributed by atoms with Crippen LogP contribution in [-0.2, 0) is 11.3 Å². The first-order chi connectivity index (χ1) is 13.6. The second kappa shape index (κ2) is 9.37. The zero-order valence-electron chi connectivity index (χ0n) is 15.6. The molecule has 28 heavy (non-hydrogen) atoms. The molecule has 5 heteroatoms. The Hall–Kier alpha value is -3.60. The van der Waals surface area contributed by atoms with Gasteiger partial charge >= 0.3 is 0 Å². The number of carbonyl (C=O) groups is 2. The van der Waals surface area contributed by atoms with Gasteiger partial charge in [-0.05, 0) is 36.2 Å². The molecule has 0 saturated carbocycles. The quantitative estimate of drug-likeness (QED) is 0.658. The molecule has 0 atom stereocenters.